The topological polar surface area (TPSA) is 68.7 Å². The van der Waals surface area contributed by atoms with Crippen LogP contribution < -0.4 is 14.4 Å². The van der Waals surface area contributed by atoms with Crippen molar-refractivity contribution in [3.63, 3.8) is 0 Å². The maximum Gasteiger partial charge on any atom is 0.185 e. The molecule has 8 heteroatoms. The molecule has 2 heterocycles. The van der Waals surface area contributed by atoms with Crippen LogP contribution in [0.4, 0.5) is 5.13 Å². The second kappa shape index (κ2) is 9.58. The fourth-order valence-corrected chi connectivity index (χ4v) is 7.89. The largest absolute Gasteiger partial charge is 0.497 e. The first-order chi connectivity index (χ1) is 16.2. The summed E-state index contributed by atoms with van der Waals surface area (Å²) in [7, 11) is -0.138. The summed E-state index contributed by atoms with van der Waals surface area (Å²) in [6.07, 6.45) is 1.18. The number of ether oxygens (including phenoxy) is 2. The van der Waals surface area contributed by atoms with Gasteiger partial charge in [-0.25, -0.2) is 13.4 Å². The number of nitrogens with zero attached hydrogens (tertiary/aromatic N) is 2. The van der Waals surface area contributed by atoms with Crippen LogP contribution in [0.25, 0.3) is 11.3 Å². The normalized spacial score (nSPS) is 14.9. The highest BCUT2D eigenvalue weighted by molar-refractivity contribution is 7.92. The SMILES string of the molecule is COc1ccc(-c2csc(N3CCC(S(=O)(=O)c4c(C)c(C)cc(C)c4C)CC3)n2)c(OC)c1. The summed E-state index contributed by atoms with van der Waals surface area (Å²) in [6, 6.07) is 7.76. The lowest BCUT2D eigenvalue weighted by atomic mass is 10.0. The minimum atomic E-state index is -3.40. The predicted molar refractivity (Wildman–Crippen MR) is 138 cm³/mol. The van der Waals surface area contributed by atoms with Crippen LogP contribution in [-0.2, 0) is 9.84 Å². The van der Waals surface area contributed by atoms with Gasteiger partial charge in [0, 0.05) is 30.1 Å². The van der Waals surface area contributed by atoms with Crippen LogP contribution in [0, 0.1) is 27.7 Å². The Morgan fingerprint density at radius 2 is 1.62 bits per heavy atom. The molecule has 1 saturated heterocycles. The first-order valence-corrected chi connectivity index (χ1v) is 13.8. The standard InChI is InChI=1S/C26H32N2O4S2/c1-16-13-17(2)19(4)25(18(16)3)34(29,30)21-9-11-28(12-10-21)26-27-23(15-33-26)22-8-7-20(31-5)14-24(22)32-6/h7-8,13-15,21H,9-12H2,1-6H3. The molecule has 182 valence electrons. The van der Waals surface area contributed by atoms with Crippen molar-refractivity contribution in [2.45, 2.75) is 50.7 Å². The summed E-state index contributed by atoms with van der Waals surface area (Å²) in [5, 5.41) is 2.55. The number of hydrogen-bond donors (Lipinski definition) is 0. The van der Waals surface area contributed by atoms with Crippen LogP contribution in [0.15, 0.2) is 34.5 Å². The zero-order chi connectivity index (χ0) is 24.6. The van der Waals surface area contributed by atoms with E-state index in [2.05, 4.69) is 11.0 Å². The molecule has 0 atom stereocenters. The number of benzene rings is 2. The maximum atomic E-state index is 13.6. The molecular formula is C26H32N2O4S2. The lowest BCUT2D eigenvalue weighted by molar-refractivity contribution is 0.395. The number of aromatic nitrogens is 1. The van der Waals surface area contributed by atoms with E-state index in [1.54, 1.807) is 25.6 Å². The van der Waals surface area contributed by atoms with Gasteiger partial charge in [0.1, 0.15) is 11.5 Å². The zero-order valence-corrected chi connectivity index (χ0v) is 22.3. The Balaban J connectivity index is 1.52. The van der Waals surface area contributed by atoms with Crippen molar-refractivity contribution in [2.24, 2.45) is 0 Å². The van der Waals surface area contributed by atoms with Gasteiger partial charge in [0.05, 0.1) is 30.1 Å². The number of thiazole rings is 1. The Bertz CT molecular complexity index is 1280. The molecule has 1 aliphatic rings. The second-order valence-corrected chi connectivity index (χ2v) is 11.9. The quantitative estimate of drug-likeness (QED) is 0.445. The van der Waals surface area contributed by atoms with Crippen molar-refractivity contribution >= 4 is 26.3 Å². The van der Waals surface area contributed by atoms with Crippen LogP contribution in [0.2, 0.25) is 0 Å². The Morgan fingerprint density at radius 3 is 2.21 bits per heavy atom. The fraction of sp³-hybridized carbons (Fsp3) is 0.423. The smallest absolute Gasteiger partial charge is 0.185 e. The number of hydrogen-bond acceptors (Lipinski definition) is 7. The average Bonchev–Trinajstić information content (AvgIpc) is 3.32. The number of anilines is 1. The van der Waals surface area contributed by atoms with Gasteiger partial charge in [-0.3, -0.25) is 0 Å². The van der Waals surface area contributed by atoms with Crippen LogP contribution in [-0.4, -0.2) is 46.0 Å². The molecule has 34 heavy (non-hydrogen) atoms. The zero-order valence-electron chi connectivity index (χ0n) is 20.6. The molecule has 4 rings (SSSR count). The van der Waals surface area contributed by atoms with Gasteiger partial charge < -0.3 is 14.4 Å². The van der Waals surface area contributed by atoms with Gasteiger partial charge in [-0.1, -0.05) is 6.07 Å². The summed E-state index contributed by atoms with van der Waals surface area (Å²) in [5.41, 5.74) is 5.57. The van der Waals surface area contributed by atoms with Crippen molar-refractivity contribution in [1.29, 1.82) is 0 Å². The Hall–Kier alpha value is -2.58. The first kappa shape index (κ1) is 24.5. The lowest BCUT2D eigenvalue weighted by Crippen LogP contribution is -2.39. The monoisotopic (exact) mass is 500 g/mol. The van der Waals surface area contributed by atoms with E-state index < -0.39 is 9.84 Å². The van der Waals surface area contributed by atoms with E-state index in [4.69, 9.17) is 14.5 Å². The van der Waals surface area contributed by atoms with Crippen molar-refractivity contribution in [3.8, 4) is 22.8 Å². The number of piperidine rings is 1. The van der Waals surface area contributed by atoms with Crippen molar-refractivity contribution in [1.82, 2.24) is 4.98 Å². The Morgan fingerprint density at radius 1 is 0.971 bits per heavy atom. The molecule has 0 unspecified atom stereocenters. The molecule has 3 aromatic rings. The molecule has 0 amide bonds. The molecule has 0 radical (unpaired) electrons. The van der Waals surface area contributed by atoms with Crippen molar-refractivity contribution in [2.75, 3.05) is 32.2 Å². The van der Waals surface area contributed by atoms with Crippen LogP contribution in [0.1, 0.15) is 35.1 Å². The van der Waals surface area contributed by atoms with Crippen LogP contribution >= 0.6 is 11.3 Å². The van der Waals surface area contributed by atoms with Gasteiger partial charge in [0.2, 0.25) is 0 Å². The second-order valence-electron chi connectivity index (χ2n) is 8.90. The van der Waals surface area contributed by atoms with E-state index in [-0.39, 0.29) is 5.25 Å². The summed E-state index contributed by atoms with van der Waals surface area (Å²) in [5.74, 6) is 1.44. The fourth-order valence-electron chi connectivity index (χ4n) is 4.67. The molecule has 2 aromatic carbocycles. The van der Waals surface area contributed by atoms with E-state index in [1.165, 1.54) is 0 Å². The van der Waals surface area contributed by atoms with Gasteiger partial charge in [0.25, 0.3) is 0 Å². The predicted octanol–water partition coefficient (Wildman–Crippen LogP) is 5.50. The van der Waals surface area contributed by atoms with Gasteiger partial charge in [-0.05, 0) is 74.9 Å². The maximum absolute atomic E-state index is 13.6. The molecule has 0 aliphatic carbocycles. The molecule has 0 N–H and O–H groups in total. The summed E-state index contributed by atoms with van der Waals surface area (Å²) < 4.78 is 38.1. The molecule has 1 aliphatic heterocycles. The molecule has 1 aromatic heterocycles. The molecule has 6 nitrogen and oxygen atoms in total. The average molecular weight is 501 g/mol. The summed E-state index contributed by atoms with van der Waals surface area (Å²) >= 11 is 1.57. The summed E-state index contributed by atoms with van der Waals surface area (Å²) in [6.45, 7) is 9.16. The molecular weight excluding hydrogens is 468 g/mol. The van der Waals surface area contributed by atoms with Gasteiger partial charge in [0.15, 0.2) is 15.0 Å². The van der Waals surface area contributed by atoms with Gasteiger partial charge in [-0.2, -0.15) is 0 Å². The lowest BCUT2D eigenvalue weighted by Gasteiger charge is -2.32. The van der Waals surface area contributed by atoms with Crippen molar-refractivity contribution in [3.05, 3.63) is 51.9 Å². The third-order valence-corrected chi connectivity index (χ3v) is 10.3. The molecule has 1 fully saturated rings. The minimum Gasteiger partial charge on any atom is -0.497 e. The minimum absolute atomic E-state index is 0.372. The number of rotatable bonds is 6. The highest BCUT2D eigenvalue weighted by Gasteiger charge is 2.34. The molecule has 0 saturated carbocycles. The number of sulfone groups is 1. The molecule has 0 bridgehead atoms. The number of aryl methyl sites for hydroxylation is 2. The van der Waals surface area contributed by atoms with E-state index in [1.807, 2.05) is 51.3 Å². The Labute approximate surface area is 206 Å². The highest BCUT2D eigenvalue weighted by Crippen LogP contribution is 2.37. The van der Waals surface area contributed by atoms with E-state index in [0.717, 1.165) is 44.4 Å². The van der Waals surface area contributed by atoms with Crippen LogP contribution in [0.5, 0.6) is 11.5 Å². The van der Waals surface area contributed by atoms with E-state index in [9.17, 15) is 8.42 Å². The highest BCUT2D eigenvalue weighted by atomic mass is 32.2. The Kier molecular flexibility index (Phi) is 6.92. The number of methoxy groups -OCH3 is 2. The molecule has 0 spiro atoms. The van der Waals surface area contributed by atoms with Gasteiger partial charge >= 0.3 is 0 Å². The first-order valence-electron chi connectivity index (χ1n) is 11.4. The third kappa shape index (κ3) is 4.41. The van der Waals surface area contributed by atoms with Crippen LogP contribution in [0.3, 0.4) is 0 Å². The van der Waals surface area contributed by atoms with Gasteiger partial charge in [-0.15, -0.1) is 11.3 Å². The summed E-state index contributed by atoms with van der Waals surface area (Å²) in [4.78, 5) is 7.56. The van der Waals surface area contributed by atoms with E-state index >= 15 is 0 Å². The van der Waals surface area contributed by atoms with Crippen molar-refractivity contribution < 1.29 is 17.9 Å². The third-order valence-electron chi connectivity index (χ3n) is 6.91. The van der Waals surface area contributed by atoms with E-state index in [0.29, 0.717) is 36.6 Å².